The van der Waals surface area contributed by atoms with Crippen LogP contribution in [0.15, 0.2) is 24.3 Å². The number of alkyl halides is 1. The van der Waals surface area contributed by atoms with Crippen molar-refractivity contribution in [1.29, 1.82) is 0 Å². The molecular formula is C8H8ClNO3. The highest BCUT2D eigenvalue weighted by molar-refractivity contribution is 6.17. The molecule has 5 heteroatoms. The fraction of sp³-hybridized carbons (Fsp3) is 0.250. The van der Waals surface area contributed by atoms with Crippen LogP contribution in [0.4, 0.5) is 5.69 Å². The van der Waals surface area contributed by atoms with Crippen LogP contribution in [-0.2, 0) is 11.3 Å². The van der Waals surface area contributed by atoms with E-state index < -0.39 is 4.92 Å². The summed E-state index contributed by atoms with van der Waals surface area (Å²) in [6.07, 6.45) is 0. The normalized spacial score (nSPS) is 9.92. The molecule has 0 spiro atoms. The number of non-ortho nitro benzene ring substituents is 1. The number of nitrogens with zero attached hydrogens (tertiary/aromatic N) is 1. The van der Waals surface area contributed by atoms with E-state index in [1.54, 1.807) is 12.1 Å². The lowest BCUT2D eigenvalue weighted by atomic mass is 10.2. The van der Waals surface area contributed by atoms with Crippen molar-refractivity contribution in [3.05, 3.63) is 39.9 Å². The molecule has 0 radical (unpaired) electrons. The van der Waals surface area contributed by atoms with E-state index in [2.05, 4.69) is 0 Å². The summed E-state index contributed by atoms with van der Waals surface area (Å²) in [5.41, 5.74) is 0.811. The van der Waals surface area contributed by atoms with Gasteiger partial charge in [0.1, 0.15) is 6.07 Å². The Morgan fingerprint density at radius 1 is 1.54 bits per heavy atom. The molecule has 0 N–H and O–H groups in total. The van der Waals surface area contributed by atoms with Gasteiger partial charge in [-0.05, 0) is 5.56 Å². The quantitative estimate of drug-likeness (QED) is 0.427. The van der Waals surface area contributed by atoms with Crippen LogP contribution in [0.25, 0.3) is 0 Å². The molecule has 0 aliphatic carbocycles. The minimum Gasteiger partial charge on any atom is -0.361 e. The molecule has 0 bridgehead atoms. The first-order valence-electron chi connectivity index (χ1n) is 3.61. The Kier molecular flexibility index (Phi) is 3.67. The van der Waals surface area contributed by atoms with Gasteiger partial charge in [-0.2, -0.15) is 0 Å². The Morgan fingerprint density at radius 3 is 2.92 bits per heavy atom. The number of hydrogen-bond donors (Lipinski definition) is 0. The molecule has 13 heavy (non-hydrogen) atoms. The molecule has 0 amide bonds. The minimum absolute atomic E-state index is 0.0654. The molecule has 0 fully saturated rings. The third kappa shape index (κ3) is 3.01. The molecule has 0 atom stereocenters. The molecule has 0 saturated heterocycles. The molecular weight excluding hydrogens is 194 g/mol. The molecule has 0 unspecified atom stereocenters. The average molecular weight is 202 g/mol. The second-order valence-corrected chi connectivity index (χ2v) is 2.60. The number of ether oxygens (including phenoxy) is 1. The number of rotatable bonds is 4. The first-order valence-corrected chi connectivity index (χ1v) is 4.14. The maximum Gasteiger partial charge on any atom is 0.269 e. The fourth-order valence-electron chi connectivity index (χ4n) is 0.916. The summed E-state index contributed by atoms with van der Waals surface area (Å²) in [4.78, 5) is 9.93. The van der Waals surface area contributed by atoms with E-state index in [0.29, 0.717) is 6.61 Å². The molecule has 4 nitrogen and oxygen atoms in total. The smallest absolute Gasteiger partial charge is 0.269 e. The molecule has 0 aliphatic rings. The SMILES string of the molecule is O=[N+]([O-])c1cccc(COCCl)c1. The van der Waals surface area contributed by atoms with Gasteiger partial charge >= 0.3 is 0 Å². The third-order valence-electron chi connectivity index (χ3n) is 1.47. The third-order valence-corrected chi connectivity index (χ3v) is 1.62. The summed E-state index contributed by atoms with van der Waals surface area (Å²) >= 11 is 5.30. The van der Waals surface area contributed by atoms with Crippen LogP contribution < -0.4 is 0 Å². The Hall–Kier alpha value is -1.13. The lowest BCUT2D eigenvalue weighted by Gasteiger charge is -1.99. The van der Waals surface area contributed by atoms with E-state index in [9.17, 15) is 10.1 Å². The van der Waals surface area contributed by atoms with Gasteiger partial charge in [0.2, 0.25) is 0 Å². The maximum absolute atomic E-state index is 10.4. The summed E-state index contributed by atoms with van der Waals surface area (Å²) in [7, 11) is 0. The van der Waals surface area contributed by atoms with Crippen LogP contribution in [0.5, 0.6) is 0 Å². The molecule has 1 aromatic carbocycles. The van der Waals surface area contributed by atoms with Crippen LogP contribution in [0.1, 0.15) is 5.56 Å². The number of hydrogen-bond acceptors (Lipinski definition) is 3. The predicted molar refractivity (Wildman–Crippen MR) is 48.6 cm³/mol. The molecule has 0 aliphatic heterocycles. The molecule has 0 heterocycles. The van der Waals surface area contributed by atoms with Gasteiger partial charge in [0.25, 0.3) is 5.69 Å². The standard InChI is InChI=1S/C8H8ClNO3/c9-6-13-5-7-2-1-3-8(4-7)10(11)12/h1-4H,5-6H2. The second-order valence-electron chi connectivity index (χ2n) is 2.38. The van der Waals surface area contributed by atoms with Crippen molar-refractivity contribution in [2.24, 2.45) is 0 Å². The van der Waals surface area contributed by atoms with Crippen molar-refractivity contribution in [3.63, 3.8) is 0 Å². The van der Waals surface area contributed by atoms with E-state index in [4.69, 9.17) is 16.3 Å². The van der Waals surface area contributed by atoms with Crippen molar-refractivity contribution < 1.29 is 9.66 Å². The van der Waals surface area contributed by atoms with Crippen LogP contribution >= 0.6 is 11.6 Å². The highest BCUT2D eigenvalue weighted by atomic mass is 35.5. The van der Waals surface area contributed by atoms with Gasteiger partial charge in [-0.1, -0.05) is 23.7 Å². The van der Waals surface area contributed by atoms with E-state index in [-0.39, 0.29) is 11.8 Å². The van der Waals surface area contributed by atoms with Gasteiger partial charge in [-0.15, -0.1) is 0 Å². The largest absolute Gasteiger partial charge is 0.361 e. The van der Waals surface area contributed by atoms with Crippen molar-refractivity contribution in [2.75, 3.05) is 6.07 Å². The monoisotopic (exact) mass is 201 g/mol. The Bertz CT molecular complexity index is 303. The minimum atomic E-state index is -0.440. The Labute approximate surface area is 80.2 Å². The van der Waals surface area contributed by atoms with Gasteiger partial charge in [0.15, 0.2) is 0 Å². The van der Waals surface area contributed by atoms with E-state index >= 15 is 0 Å². The van der Waals surface area contributed by atoms with Gasteiger partial charge in [-0.3, -0.25) is 10.1 Å². The van der Waals surface area contributed by atoms with Crippen molar-refractivity contribution in [3.8, 4) is 0 Å². The first kappa shape index (κ1) is 9.95. The maximum atomic E-state index is 10.4. The highest BCUT2D eigenvalue weighted by Gasteiger charge is 2.04. The van der Waals surface area contributed by atoms with E-state index in [1.165, 1.54) is 12.1 Å². The van der Waals surface area contributed by atoms with E-state index in [1.807, 2.05) is 0 Å². The molecule has 0 aromatic heterocycles. The predicted octanol–water partition coefficient (Wildman–Crippen LogP) is 2.31. The molecule has 0 saturated carbocycles. The van der Waals surface area contributed by atoms with E-state index in [0.717, 1.165) is 5.56 Å². The average Bonchev–Trinajstić information content (AvgIpc) is 2.15. The number of nitro benzene ring substituents is 1. The summed E-state index contributed by atoms with van der Waals surface area (Å²) in [5, 5.41) is 10.4. The second kappa shape index (κ2) is 4.79. The van der Waals surface area contributed by atoms with Crippen LogP contribution in [-0.4, -0.2) is 11.0 Å². The summed E-state index contributed by atoms with van der Waals surface area (Å²) in [5.74, 6) is 0. The summed E-state index contributed by atoms with van der Waals surface area (Å²) in [6.45, 7) is 0.297. The summed E-state index contributed by atoms with van der Waals surface area (Å²) in [6, 6.07) is 6.35. The highest BCUT2D eigenvalue weighted by Crippen LogP contribution is 2.13. The zero-order valence-electron chi connectivity index (χ0n) is 6.77. The Balaban J connectivity index is 2.73. The first-order chi connectivity index (χ1) is 6.24. The fourth-order valence-corrected chi connectivity index (χ4v) is 0.993. The zero-order chi connectivity index (χ0) is 9.68. The number of benzene rings is 1. The molecule has 1 rings (SSSR count). The van der Waals surface area contributed by atoms with Crippen LogP contribution in [0.2, 0.25) is 0 Å². The van der Waals surface area contributed by atoms with Gasteiger partial charge in [0, 0.05) is 12.1 Å². The summed E-state index contributed by atoms with van der Waals surface area (Å²) < 4.78 is 4.90. The van der Waals surface area contributed by atoms with Gasteiger partial charge in [0.05, 0.1) is 11.5 Å². The lowest BCUT2D eigenvalue weighted by molar-refractivity contribution is -0.384. The lowest BCUT2D eigenvalue weighted by Crippen LogP contribution is -1.93. The van der Waals surface area contributed by atoms with Gasteiger partial charge in [-0.25, -0.2) is 0 Å². The Morgan fingerprint density at radius 2 is 2.31 bits per heavy atom. The van der Waals surface area contributed by atoms with Crippen molar-refractivity contribution >= 4 is 17.3 Å². The number of halogens is 1. The topological polar surface area (TPSA) is 52.4 Å². The van der Waals surface area contributed by atoms with Crippen LogP contribution in [0.3, 0.4) is 0 Å². The van der Waals surface area contributed by atoms with Crippen molar-refractivity contribution in [2.45, 2.75) is 6.61 Å². The molecule has 70 valence electrons. The van der Waals surface area contributed by atoms with Gasteiger partial charge < -0.3 is 4.74 Å². The van der Waals surface area contributed by atoms with Crippen molar-refractivity contribution in [1.82, 2.24) is 0 Å². The van der Waals surface area contributed by atoms with Crippen LogP contribution in [0, 0.1) is 10.1 Å². The number of nitro groups is 1. The zero-order valence-corrected chi connectivity index (χ0v) is 7.53. The molecule has 1 aromatic rings.